The highest BCUT2D eigenvalue weighted by Crippen LogP contribution is 2.14. The fourth-order valence-electron chi connectivity index (χ4n) is 2.16. The highest BCUT2D eigenvalue weighted by Gasteiger charge is 2.17. The zero-order valence-corrected chi connectivity index (χ0v) is 15.8. The first-order chi connectivity index (χ1) is 12.6. The molecule has 1 aromatic heterocycles. The molecule has 0 spiro atoms. The number of carbonyl (C=O) groups is 2. The molecule has 3 amide bonds. The maximum Gasteiger partial charge on any atom is 0.322 e. The minimum Gasteiger partial charge on any atom is -0.383 e. The number of thiazole rings is 1. The van der Waals surface area contributed by atoms with Gasteiger partial charge in [-0.1, -0.05) is 25.1 Å². The fraction of sp³-hybridized carbons (Fsp3) is 0.389. The molecule has 26 heavy (non-hydrogen) atoms. The smallest absolute Gasteiger partial charge is 0.322 e. The van der Waals surface area contributed by atoms with Crippen molar-refractivity contribution >= 4 is 29.0 Å². The lowest BCUT2D eigenvalue weighted by atomic mass is 10.3. The number of hydrogen-bond acceptors (Lipinski definition) is 5. The topological polar surface area (TPSA) is 83.6 Å². The van der Waals surface area contributed by atoms with Crippen LogP contribution in [0, 0.1) is 0 Å². The molecule has 0 bridgehead atoms. The van der Waals surface area contributed by atoms with Crippen LogP contribution in [0.2, 0.25) is 0 Å². The molecule has 1 aromatic carbocycles. The van der Waals surface area contributed by atoms with Gasteiger partial charge in [0.1, 0.15) is 10.7 Å². The van der Waals surface area contributed by atoms with E-state index in [0.717, 1.165) is 12.1 Å². The predicted molar refractivity (Wildman–Crippen MR) is 102 cm³/mol. The number of nitrogens with zero attached hydrogens (tertiary/aromatic N) is 2. The number of hydrogen-bond donors (Lipinski definition) is 2. The first kappa shape index (κ1) is 19.9. The van der Waals surface area contributed by atoms with E-state index in [4.69, 9.17) is 4.74 Å². The van der Waals surface area contributed by atoms with Crippen LogP contribution < -0.4 is 10.6 Å². The van der Waals surface area contributed by atoms with Crippen molar-refractivity contribution in [1.29, 1.82) is 0 Å². The van der Waals surface area contributed by atoms with Crippen LogP contribution in [-0.4, -0.2) is 48.6 Å². The number of urea groups is 1. The van der Waals surface area contributed by atoms with Crippen molar-refractivity contribution < 1.29 is 14.3 Å². The Morgan fingerprint density at radius 1 is 1.27 bits per heavy atom. The molecule has 0 atom stereocenters. The van der Waals surface area contributed by atoms with E-state index >= 15 is 0 Å². The van der Waals surface area contributed by atoms with E-state index in [9.17, 15) is 9.59 Å². The van der Waals surface area contributed by atoms with Gasteiger partial charge in [0.05, 0.1) is 13.2 Å². The van der Waals surface area contributed by atoms with Crippen LogP contribution >= 0.6 is 11.3 Å². The van der Waals surface area contributed by atoms with E-state index in [1.54, 1.807) is 17.4 Å². The highest BCUT2D eigenvalue weighted by molar-refractivity contribution is 7.09. The summed E-state index contributed by atoms with van der Waals surface area (Å²) < 4.78 is 5.10. The van der Waals surface area contributed by atoms with Crippen LogP contribution in [0.25, 0.3) is 0 Å². The lowest BCUT2D eigenvalue weighted by Crippen LogP contribution is -2.36. The zero-order chi connectivity index (χ0) is 18.8. The van der Waals surface area contributed by atoms with Gasteiger partial charge in [-0.05, 0) is 18.6 Å². The van der Waals surface area contributed by atoms with Crippen molar-refractivity contribution in [3.8, 4) is 0 Å². The van der Waals surface area contributed by atoms with Crippen molar-refractivity contribution in [1.82, 2.24) is 15.2 Å². The molecule has 0 aliphatic rings. The van der Waals surface area contributed by atoms with Crippen molar-refractivity contribution in [2.45, 2.75) is 19.9 Å². The van der Waals surface area contributed by atoms with Crippen molar-refractivity contribution in [3.05, 3.63) is 46.4 Å². The Labute approximate surface area is 157 Å². The van der Waals surface area contributed by atoms with Gasteiger partial charge in [0.15, 0.2) is 0 Å². The first-order valence-corrected chi connectivity index (χ1v) is 9.34. The third kappa shape index (κ3) is 6.12. The van der Waals surface area contributed by atoms with Gasteiger partial charge in [0.25, 0.3) is 5.91 Å². The Balaban J connectivity index is 2.01. The standard InChI is InChI=1S/C18H24N4O3S/c1-3-9-19-17(23)15-13-26-16(21-15)12-22(10-11-25-2)18(24)20-14-7-5-4-6-8-14/h4-8,13H,3,9-12H2,1-2H3,(H,19,23)(H,20,24). The molecule has 0 aliphatic carbocycles. The summed E-state index contributed by atoms with van der Waals surface area (Å²) in [5, 5.41) is 8.07. The lowest BCUT2D eigenvalue weighted by Gasteiger charge is -2.21. The predicted octanol–water partition coefficient (Wildman–Crippen LogP) is 2.96. The van der Waals surface area contributed by atoms with Crippen LogP contribution in [0.4, 0.5) is 10.5 Å². The van der Waals surface area contributed by atoms with Gasteiger partial charge in [-0.3, -0.25) is 4.79 Å². The molecule has 0 aliphatic heterocycles. The molecular weight excluding hydrogens is 352 g/mol. The molecule has 7 nitrogen and oxygen atoms in total. The quantitative estimate of drug-likeness (QED) is 0.705. The molecule has 2 aromatic rings. The third-order valence-electron chi connectivity index (χ3n) is 3.52. The van der Waals surface area contributed by atoms with Gasteiger partial charge in [-0.15, -0.1) is 11.3 Å². The summed E-state index contributed by atoms with van der Waals surface area (Å²) in [5.74, 6) is -0.188. The van der Waals surface area contributed by atoms with Gasteiger partial charge in [-0.25, -0.2) is 9.78 Å². The first-order valence-electron chi connectivity index (χ1n) is 8.46. The van der Waals surface area contributed by atoms with Crippen LogP contribution in [0.5, 0.6) is 0 Å². The van der Waals surface area contributed by atoms with E-state index in [2.05, 4.69) is 15.6 Å². The molecular formula is C18H24N4O3S. The van der Waals surface area contributed by atoms with Gasteiger partial charge in [0.2, 0.25) is 0 Å². The third-order valence-corrected chi connectivity index (χ3v) is 4.36. The summed E-state index contributed by atoms with van der Waals surface area (Å²) in [5.41, 5.74) is 1.10. The number of ether oxygens (including phenoxy) is 1. The Bertz CT molecular complexity index is 705. The summed E-state index contributed by atoms with van der Waals surface area (Å²) in [6.45, 7) is 3.76. The van der Waals surface area contributed by atoms with Crippen LogP contribution in [0.1, 0.15) is 28.8 Å². The fourth-order valence-corrected chi connectivity index (χ4v) is 2.95. The average Bonchev–Trinajstić information content (AvgIpc) is 3.12. The van der Waals surface area contributed by atoms with E-state index in [1.165, 1.54) is 11.3 Å². The second-order valence-electron chi connectivity index (χ2n) is 5.59. The van der Waals surface area contributed by atoms with Crippen LogP contribution in [-0.2, 0) is 11.3 Å². The van der Waals surface area contributed by atoms with Crippen LogP contribution in [0.3, 0.4) is 0 Å². The molecule has 140 valence electrons. The Hall–Kier alpha value is -2.45. The van der Waals surface area contributed by atoms with E-state index in [-0.39, 0.29) is 11.9 Å². The van der Waals surface area contributed by atoms with Gasteiger partial charge in [-0.2, -0.15) is 0 Å². The maximum absolute atomic E-state index is 12.6. The number of nitrogens with one attached hydrogen (secondary N) is 2. The number of carbonyl (C=O) groups excluding carboxylic acids is 2. The molecule has 0 unspecified atom stereocenters. The summed E-state index contributed by atoms with van der Waals surface area (Å²) >= 11 is 1.36. The van der Waals surface area contributed by atoms with Gasteiger partial charge < -0.3 is 20.3 Å². The molecule has 2 N–H and O–H groups in total. The minimum absolute atomic E-state index is 0.188. The molecule has 0 fully saturated rings. The number of benzene rings is 1. The number of para-hydroxylation sites is 1. The molecule has 1 heterocycles. The summed E-state index contributed by atoms with van der Waals surface area (Å²) in [6, 6.07) is 9.02. The van der Waals surface area contributed by atoms with E-state index in [0.29, 0.717) is 36.9 Å². The lowest BCUT2D eigenvalue weighted by molar-refractivity contribution is 0.0949. The Kier molecular flexibility index (Phi) is 8.04. The van der Waals surface area contributed by atoms with Gasteiger partial charge in [0, 0.05) is 31.3 Å². The average molecular weight is 376 g/mol. The zero-order valence-electron chi connectivity index (χ0n) is 15.0. The second-order valence-corrected chi connectivity index (χ2v) is 6.54. The second kappa shape index (κ2) is 10.5. The summed E-state index contributed by atoms with van der Waals surface area (Å²) in [7, 11) is 1.59. The molecule has 2 rings (SSSR count). The Morgan fingerprint density at radius 3 is 2.73 bits per heavy atom. The highest BCUT2D eigenvalue weighted by atomic mass is 32.1. The normalized spacial score (nSPS) is 10.4. The maximum atomic E-state index is 12.6. The number of anilines is 1. The number of aromatic nitrogens is 1. The SMILES string of the molecule is CCCNC(=O)c1csc(CN(CCOC)C(=O)Nc2ccccc2)n1. The Morgan fingerprint density at radius 2 is 2.04 bits per heavy atom. The van der Waals surface area contributed by atoms with E-state index < -0.39 is 0 Å². The van der Waals surface area contributed by atoms with Crippen molar-refractivity contribution in [2.24, 2.45) is 0 Å². The molecule has 8 heteroatoms. The summed E-state index contributed by atoms with van der Waals surface area (Å²) in [6.07, 6.45) is 0.868. The molecule has 0 saturated heterocycles. The largest absolute Gasteiger partial charge is 0.383 e. The van der Waals surface area contributed by atoms with Crippen molar-refractivity contribution in [3.63, 3.8) is 0 Å². The summed E-state index contributed by atoms with van der Waals surface area (Å²) in [4.78, 5) is 30.5. The molecule has 0 saturated carbocycles. The number of rotatable bonds is 9. The number of amides is 3. The van der Waals surface area contributed by atoms with Crippen LogP contribution in [0.15, 0.2) is 35.7 Å². The number of methoxy groups -OCH3 is 1. The minimum atomic E-state index is -0.236. The molecule has 0 radical (unpaired) electrons. The monoisotopic (exact) mass is 376 g/mol. The van der Waals surface area contributed by atoms with Gasteiger partial charge >= 0.3 is 6.03 Å². The van der Waals surface area contributed by atoms with Crippen molar-refractivity contribution in [2.75, 3.05) is 32.1 Å². The van der Waals surface area contributed by atoms with E-state index in [1.807, 2.05) is 37.3 Å².